The molecule has 0 radical (unpaired) electrons. The molecular formula is C24H21ClO4. The molecule has 0 saturated heterocycles. The van der Waals surface area contributed by atoms with Crippen LogP contribution in [0, 0.1) is 5.92 Å². The van der Waals surface area contributed by atoms with Gasteiger partial charge in [-0.2, -0.15) is 0 Å². The first kappa shape index (κ1) is 19.3. The molecule has 2 unspecified atom stereocenters. The van der Waals surface area contributed by atoms with E-state index in [1.54, 1.807) is 31.4 Å². The van der Waals surface area contributed by atoms with Crippen LogP contribution in [0.1, 0.15) is 26.9 Å². The number of fused-ring (bicyclic) bond motifs is 1. The van der Waals surface area contributed by atoms with Crippen LogP contribution >= 0.6 is 11.6 Å². The van der Waals surface area contributed by atoms with Crippen LogP contribution in [0.5, 0.6) is 17.2 Å². The molecule has 0 saturated carbocycles. The molecule has 2 atom stereocenters. The van der Waals surface area contributed by atoms with Crippen molar-refractivity contribution in [1.29, 1.82) is 0 Å². The Kier molecular flexibility index (Phi) is 5.72. The third kappa shape index (κ3) is 4.22. The fraction of sp³-hybridized carbons (Fsp3) is 0.208. The van der Waals surface area contributed by atoms with Crippen LogP contribution < -0.4 is 14.2 Å². The van der Waals surface area contributed by atoms with Gasteiger partial charge in [-0.25, -0.2) is 0 Å². The molecule has 1 aliphatic heterocycles. The van der Waals surface area contributed by atoms with E-state index in [1.807, 2.05) is 48.5 Å². The molecule has 0 aliphatic carbocycles. The van der Waals surface area contributed by atoms with Crippen molar-refractivity contribution < 1.29 is 19.0 Å². The molecule has 1 aliphatic rings. The number of halogens is 1. The normalized spacial score (nSPS) is 17.7. The van der Waals surface area contributed by atoms with E-state index in [4.69, 9.17) is 25.8 Å². The summed E-state index contributed by atoms with van der Waals surface area (Å²) in [5.74, 6) is 1.58. The van der Waals surface area contributed by atoms with Crippen molar-refractivity contribution in [3.05, 3.63) is 89.5 Å². The summed E-state index contributed by atoms with van der Waals surface area (Å²) in [6.07, 6.45) is 0. The average molecular weight is 409 g/mol. The number of benzene rings is 3. The molecule has 29 heavy (non-hydrogen) atoms. The summed E-state index contributed by atoms with van der Waals surface area (Å²) in [6.45, 7) is 0.705. The largest absolute Gasteiger partial charge is 0.497 e. The van der Waals surface area contributed by atoms with Crippen molar-refractivity contribution in [3.63, 3.8) is 0 Å². The fourth-order valence-electron chi connectivity index (χ4n) is 3.36. The van der Waals surface area contributed by atoms with Crippen molar-refractivity contribution in [2.45, 2.75) is 12.0 Å². The molecule has 0 N–H and O–H groups in total. The highest BCUT2D eigenvalue weighted by molar-refractivity contribution is 6.23. The highest BCUT2D eigenvalue weighted by Crippen LogP contribution is 2.42. The van der Waals surface area contributed by atoms with Gasteiger partial charge in [0.15, 0.2) is 5.78 Å². The van der Waals surface area contributed by atoms with Crippen LogP contribution in [-0.4, -0.2) is 19.5 Å². The SMILES string of the molecule is COc1ccc(C(=O)C2COc3cc(OCc4ccccc4)ccc3C2Cl)cc1. The predicted molar refractivity (Wildman–Crippen MR) is 112 cm³/mol. The smallest absolute Gasteiger partial charge is 0.171 e. The van der Waals surface area contributed by atoms with Crippen LogP contribution in [0.15, 0.2) is 72.8 Å². The summed E-state index contributed by atoms with van der Waals surface area (Å²) in [6, 6.07) is 22.6. The van der Waals surface area contributed by atoms with Gasteiger partial charge in [-0.3, -0.25) is 4.79 Å². The number of hydrogen-bond donors (Lipinski definition) is 0. The second-order valence-electron chi connectivity index (χ2n) is 6.89. The second kappa shape index (κ2) is 8.58. The number of carbonyl (C=O) groups excluding carboxylic acids is 1. The van der Waals surface area contributed by atoms with Gasteiger partial charge in [-0.05, 0) is 35.9 Å². The minimum Gasteiger partial charge on any atom is -0.497 e. The predicted octanol–water partition coefficient (Wildman–Crippen LogP) is 5.45. The van der Waals surface area contributed by atoms with Gasteiger partial charge in [0.2, 0.25) is 0 Å². The number of methoxy groups -OCH3 is 1. The zero-order valence-electron chi connectivity index (χ0n) is 16.0. The third-order valence-corrected chi connectivity index (χ3v) is 5.55. The van der Waals surface area contributed by atoms with Gasteiger partial charge in [0.1, 0.15) is 30.5 Å². The van der Waals surface area contributed by atoms with Gasteiger partial charge in [0.25, 0.3) is 0 Å². The van der Waals surface area contributed by atoms with Crippen LogP contribution in [0.25, 0.3) is 0 Å². The van der Waals surface area contributed by atoms with E-state index in [2.05, 4.69) is 0 Å². The Bertz CT molecular complexity index is 986. The number of rotatable bonds is 6. The average Bonchev–Trinajstić information content (AvgIpc) is 2.78. The Hall–Kier alpha value is -2.98. The first-order valence-corrected chi connectivity index (χ1v) is 9.85. The lowest BCUT2D eigenvalue weighted by molar-refractivity contribution is 0.0849. The van der Waals surface area contributed by atoms with Crippen LogP contribution in [-0.2, 0) is 6.61 Å². The molecule has 4 nitrogen and oxygen atoms in total. The van der Waals surface area contributed by atoms with Gasteiger partial charge in [-0.15, -0.1) is 11.6 Å². The summed E-state index contributed by atoms with van der Waals surface area (Å²) in [5, 5.41) is -0.462. The van der Waals surface area contributed by atoms with E-state index in [1.165, 1.54) is 0 Å². The Morgan fingerprint density at radius 2 is 1.76 bits per heavy atom. The van der Waals surface area contributed by atoms with E-state index >= 15 is 0 Å². The lowest BCUT2D eigenvalue weighted by Gasteiger charge is -2.29. The minimum absolute atomic E-state index is 0.0392. The zero-order chi connectivity index (χ0) is 20.2. The molecule has 3 aromatic carbocycles. The maximum atomic E-state index is 12.9. The first-order chi connectivity index (χ1) is 14.2. The molecular weight excluding hydrogens is 388 g/mol. The third-order valence-electron chi connectivity index (χ3n) is 5.01. The molecule has 0 spiro atoms. The van der Waals surface area contributed by atoms with E-state index in [-0.39, 0.29) is 12.4 Å². The molecule has 0 aromatic heterocycles. The zero-order valence-corrected chi connectivity index (χ0v) is 16.8. The molecule has 0 bridgehead atoms. The molecule has 5 heteroatoms. The van der Waals surface area contributed by atoms with Crippen LogP contribution in [0.4, 0.5) is 0 Å². The van der Waals surface area contributed by atoms with Gasteiger partial charge in [0, 0.05) is 17.2 Å². The monoisotopic (exact) mass is 408 g/mol. The number of Topliss-reactive ketones (excluding diaryl/α,β-unsaturated/α-hetero) is 1. The molecule has 3 aromatic rings. The highest BCUT2D eigenvalue weighted by Gasteiger charge is 2.35. The number of ketones is 1. The molecule has 0 fully saturated rings. The van der Waals surface area contributed by atoms with Crippen molar-refractivity contribution >= 4 is 17.4 Å². The number of ether oxygens (including phenoxy) is 3. The van der Waals surface area contributed by atoms with Gasteiger partial charge >= 0.3 is 0 Å². The first-order valence-electron chi connectivity index (χ1n) is 9.41. The van der Waals surface area contributed by atoms with Gasteiger partial charge < -0.3 is 14.2 Å². The van der Waals surface area contributed by atoms with E-state index in [9.17, 15) is 4.79 Å². The Balaban J connectivity index is 1.47. The maximum absolute atomic E-state index is 12.9. The summed E-state index contributed by atoms with van der Waals surface area (Å²) in [7, 11) is 1.59. The summed E-state index contributed by atoms with van der Waals surface area (Å²) < 4.78 is 16.9. The van der Waals surface area contributed by atoms with Crippen molar-refractivity contribution in [3.8, 4) is 17.2 Å². The maximum Gasteiger partial charge on any atom is 0.171 e. The Morgan fingerprint density at radius 1 is 1.03 bits per heavy atom. The van der Waals surface area contributed by atoms with Crippen LogP contribution in [0.2, 0.25) is 0 Å². The standard InChI is InChI=1S/C24H21ClO4/c1-27-18-9-7-17(8-10-18)24(26)21-15-29-22-13-19(11-12-20(22)23(21)25)28-14-16-5-3-2-4-6-16/h2-13,21,23H,14-15H2,1H3. The van der Waals surface area contributed by atoms with E-state index in [0.717, 1.165) is 11.1 Å². The summed E-state index contributed by atoms with van der Waals surface area (Å²) >= 11 is 6.68. The van der Waals surface area contributed by atoms with E-state index < -0.39 is 11.3 Å². The number of carbonyl (C=O) groups is 1. The Labute approximate surface area is 175 Å². The molecule has 148 valence electrons. The number of alkyl halides is 1. The molecule has 1 heterocycles. The van der Waals surface area contributed by atoms with E-state index in [0.29, 0.717) is 29.4 Å². The van der Waals surface area contributed by atoms with Gasteiger partial charge in [-0.1, -0.05) is 36.4 Å². The summed E-state index contributed by atoms with van der Waals surface area (Å²) in [5.41, 5.74) is 2.49. The quantitative estimate of drug-likeness (QED) is 0.402. The summed E-state index contributed by atoms with van der Waals surface area (Å²) in [4.78, 5) is 12.9. The van der Waals surface area contributed by atoms with Crippen molar-refractivity contribution in [1.82, 2.24) is 0 Å². The lowest BCUT2D eigenvalue weighted by Crippen LogP contribution is -2.30. The van der Waals surface area contributed by atoms with Gasteiger partial charge in [0.05, 0.1) is 18.4 Å². The number of hydrogen-bond acceptors (Lipinski definition) is 4. The highest BCUT2D eigenvalue weighted by atomic mass is 35.5. The molecule has 4 rings (SSSR count). The second-order valence-corrected chi connectivity index (χ2v) is 7.36. The topological polar surface area (TPSA) is 44.8 Å². The van der Waals surface area contributed by atoms with Crippen molar-refractivity contribution in [2.75, 3.05) is 13.7 Å². The van der Waals surface area contributed by atoms with Crippen molar-refractivity contribution in [2.24, 2.45) is 5.92 Å². The minimum atomic E-state index is -0.462. The molecule has 0 amide bonds. The van der Waals surface area contributed by atoms with Crippen LogP contribution in [0.3, 0.4) is 0 Å². The lowest BCUT2D eigenvalue weighted by atomic mass is 9.89. The Morgan fingerprint density at radius 3 is 2.48 bits per heavy atom. The fourth-order valence-corrected chi connectivity index (χ4v) is 3.72.